The van der Waals surface area contributed by atoms with Gasteiger partial charge in [0.1, 0.15) is 5.65 Å². The van der Waals surface area contributed by atoms with Crippen LogP contribution in [0.5, 0.6) is 0 Å². The zero-order valence-corrected chi connectivity index (χ0v) is 21.3. The molecular formula is C28H29N7O2. The van der Waals surface area contributed by atoms with Crippen molar-refractivity contribution in [2.45, 2.75) is 27.3 Å². The van der Waals surface area contributed by atoms with Crippen molar-refractivity contribution in [3.63, 3.8) is 0 Å². The molecule has 1 aromatic carbocycles. The van der Waals surface area contributed by atoms with E-state index in [0.717, 1.165) is 61.4 Å². The monoisotopic (exact) mass is 495 g/mol. The number of aliphatic hydroxyl groups is 1. The highest BCUT2D eigenvalue weighted by Crippen LogP contribution is 2.42. The number of carbonyl (C=O) groups excluding carboxylic acids is 1. The molecule has 0 aliphatic rings. The van der Waals surface area contributed by atoms with E-state index in [-0.39, 0.29) is 12.5 Å². The summed E-state index contributed by atoms with van der Waals surface area (Å²) in [7, 11) is 1.93. The summed E-state index contributed by atoms with van der Waals surface area (Å²) in [5.41, 5.74) is 10.2. The SMILES string of the molecule is C=CC(=O)Nc1cc(-c2c(-c3cnn(CCO)c3)[nH]c3ncc(-c4cnn(C)c4C)c(C)c23)ccc1C. The van der Waals surface area contributed by atoms with E-state index in [9.17, 15) is 9.90 Å². The van der Waals surface area contributed by atoms with Gasteiger partial charge in [0.25, 0.3) is 0 Å². The van der Waals surface area contributed by atoms with Gasteiger partial charge in [-0.2, -0.15) is 10.2 Å². The van der Waals surface area contributed by atoms with Gasteiger partial charge in [-0.05, 0) is 49.6 Å². The lowest BCUT2D eigenvalue weighted by Crippen LogP contribution is -2.08. The van der Waals surface area contributed by atoms with Crippen molar-refractivity contribution in [2.24, 2.45) is 7.05 Å². The summed E-state index contributed by atoms with van der Waals surface area (Å²) in [4.78, 5) is 20.4. The number of nitrogens with zero attached hydrogens (tertiary/aromatic N) is 5. The molecule has 1 amide bonds. The maximum absolute atomic E-state index is 12.1. The molecule has 3 N–H and O–H groups in total. The Kier molecular flexibility index (Phi) is 6.22. The summed E-state index contributed by atoms with van der Waals surface area (Å²) in [6.45, 7) is 10.1. The van der Waals surface area contributed by atoms with Crippen molar-refractivity contribution in [1.82, 2.24) is 29.5 Å². The molecule has 188 valence electrons. The molecule has 0 bridgehead atoms. The second kappa shape index (κ2) is 9.51. The van der Waals surface area contributed by atoms with Gasteiger partial charge in [0, 0.05) is 58.5 Å². The fraction of sp³-hybridized carbons (Fsp3) is 0.214. The van der Waals surface area contributed by atoms with Gasteiger partial charge in [0.2, 0.25) is 5.91 Å². The van der Waals surface area contributed by atoms with E-state index in [1.807, 2.05) is 62.4 Å². The predicted molar refractivity (Wildman–Crippen MR) is 145 cm³/mol. The Morgan fingerprint density at radius 1 is 1.14 bits per heavy atom. The molecule has 4 heterocycles. The second-order valence-corrected chi connectivity index (χ2v) is 9.10. The molecule has 0 atom stereocenters. The molecule has 0 saturated heterocycles. The summed E-state index contributed by atoms with van der Waals surface area (Å²) < 4.78 is 3.56. The Morgan fingerprint density at radius 2 is 1.95 bits per heavy atom. The number of hydrogen-bond donors (Lipinski definition) is 3. The van der Waals surface area contributed by atoms with E-state index in [1.54, 1.807) is 10.9 Å². The zero-order chi connectivity index (χ0) is 26.3. The number of carbonyl (C=O) groups is 1. The number of rotatable bonds is 7. The summed E-state index contributed by atoms with van der Waals surface area (Å²) in [5, 5.41) is 22.1. The summed E-state index contributed by atoms with van der Waals surface area (Å²) >= 11 is 0. The maximum Gasteiger partial charge on any atom is 0.247 e. The minimum atomic E-state index is -0.267. The third-order valence-electron chi connectivity index (χ3n) is 6.83. The normalized spacial score (nSPS) is 11.3. The number of H-pyrrole nitrogens is 1. The van der Waals surface area contributed by atoms with Crippen LogP contribution in [0.15, 0.2) is 55.6 Å². The first kappa shape index (κ1) is 24.2. The van der Waals surface area contributed by atoms with Crippen molar-refractivity contribution in [3.8, 4) is 33.5 Å². The van der Waals surface area contributed by atoms with Crippen LogP contribution in [0.1, 0.15) is 16.8 Å². The molecule has 0 saturated carbocycles. The third-order valence-corrected chi connectivity index (χ3v) is 6.83. The third kappa shape index (κ3) is 4.23. The van der Waals surface area contributed by atoms with Crippen molar-refractivity contribution in [1.29, 1.82) is 0 Å². The lowest BCUT2D eigenvalue weighted by atomic mass is 9.93. The largest absolute Gasteiger partial charge is 0.394 e. The maximum atomic E-state index is 12.1. The summed E-state index contributed by atoms with van der Waals surface area (Å²) in [5.74, 6) is -0.267. The number of nitrogens with one attached hydrogen (secondary N) is 2. The smallest absolute Gasteiger partial charge is 0.247 e. The van der Waals surface area contributed by atoms with Gasteiger partial charge in [-0.3, -0.25) is 14.2 Å². The van der Waals surface area contributed by atoms with Crippen LogP contribution in [-0.4, -0.2) is 47.1 Å². The molecule has 0 radical (unpaired) electrons. The molecule has 37 heavy (non-hydrogen) atoms. The van der Waals surface area contributed by atoms with E-state index >= 15 is 0 Å². The molecule has 0 spiro atoms. The van der Waals surface area contributed by atoms with E-state index in [1.165, 1.54) is 6.08 Å². The first-order chi connectivity index (χ1) is 17.8. The highest BCUT2D eigenvalue weighted by Gasteiger charge is 2.22. The zero-order valence-electron chi connectivity index (χ0n) is 21.3. The summed E-state index contributed by atoms with van der Waals surface area (Å²) in [6, 6.07) is 6.01. The Labute approximate surface area is 214 Å². The number of aryl methyl sites for hydroxylation is 3. The average molecular weight is 496 g/mol. The van der Waals surface area contributed by atoms with Gasteiger partial charge in [-0.25, -0.2) is 4.98 Å². The van der Waals surface area contributed by atoms with Gasteiger partial charge in [-0.1, -0.05) is 18.7 Å². The van der Waals surface area contributed by atoms with Crippen molar-refractivity contribution in [2.75, 3.05) is 11.9 Å². The van der Waals surface area contributed by atoms with Crippen LogP contribution in [0.3, 0.4) is 0 Å². The highest BCUT2D eigenvalue weighted by molar-refractivity contribution is 6.07. The fourth-order valence-electron chi connectivity index (χ4n) is 4.66. The van der Waals surface area contributed by atoms with Crippen LogP contribution in [0.4, 0.5) is 5.69 Å². The molecule has 5 rings (SSSR count). The van der Waals surface area contributed by atoms with E-state index in [0.29, 0.717) is 12.2 Å². The van der Waals surface area contributed by atoms with E-state index < -0.39 is 0 Å². The van der Waals surface area contributed by atoms with Crippen LogP contribution in [0, 0.1) is 20.8 Å². The topological polar surface area (TPSA) is 114 Å². The van der Waals surface area contributed by atoms with E-state index in [2.05, 4.69) is 34.0 Å². The second-order valence-electron chi connectivity index (χ2n) is 9.10. The Balaban J connectivity index is 1.79. The van der Waals surface area contributed by atoms with Crippen LogP contribution in [-0.2, 0) is 18.4 Å². The molecule has 9 nitrogen and oxygen atoms in total. The summed E-state index contributed by atoms with van der Waals surface area (Å²) in [6.07, 6.45) is 8.69. The molecule has 4 aromatic heterocycles. The molecular weight excluding hydrogens is 466 g/mol. The Morgan fingerprint density at radius 3 is 2.65 bits per heavy atom. The minimum absolute atomic E-state index is 0.000508. The number of fused-ring (bicyclic) bond motifs is 1. The van der Waals surface area contributed by atoms with Gasteiger partial charge in [0.15, 0.2) is 0 Å². The first-order valence-electron chi connectivity index (χ1n) is 12.0. The lowest BCUT2D eigenvalue weighted by Gasteiger charge is -2.12. The quantitative estimate of drug-likeness (QED) is 0.287. The number of hydrogen-bond acceptors (Lipinski definition) is 5. The lowest BCUT2D eigenvalue weighted by molar-refractivity contribution is -0.111. The van der Waals surface area contributed by atoms with Crippen LogP contribution >= 0.6 is 0 Å². The van der Waals surface area contributed by atoms with Gasteiger partial charge >= 0.3 is 0 Å². The number of aliphatic hydroxyl groups excluding tert-OH is 1. The van der Waals surface area contributed by atoms with Gasteiger partial charge in [-0.15, -0.1) is 0 Å². The standard InChI is InChI=1S/C28H29N7O2/c1-6-24(37)32-23-11-19(8-7-16(23)2)26-25-17(3)21(22-14-30-34(5)18(22)4)13-29-28(25)33-27(26)20-12-31-35(15-20)9-10-36/h6-8,11-15,36H,1,9-10H2,2-5H3,(H,29,33)(H,32,37). The number of aromatic nitrogens is 6. The number of aromatic amines is 1. The van der Waals surface area contributed by atoms with Crippen LogP contribution in [0.25, 0.3) is 44.5 Å². The van der Waals surface area contributed by atoms with Gasteiger partial charge in [0.05, 0.1) is 31.2 Å². The van der Waals surface area contributed by atoms with Crippen molar-refractivity contribution < 1.29 is 9.90 Å². The molecule has 9 heteroatoms. The van der Waals surface area contributed by atoms with Crippen LogP contribution in [0.2, 0.25) is 0 Å². The number of anilines is 1. The Hall–Kier alpha value is -4.50. The molecule has 0 aliphatic heterocycles. The van der Waals surface area contributed by atoms with E-state index in [4.69, 9.17) is 4.98 Å². The van der Waals surface area contributed by atoms with Gasteiger partial charge < -0.3 is 15.4 Å². The Bertz CT molecular complexity index is 1650. The highest BCUT2D eigenvalue weighted by atomic mass is 16.3. The van der Waals surface area contributed by atoms with Crippen molar-refractivity contribution in [3.05, 3.63) is 72.5 Å². The average Bonchev–Trinajstić information content (AvgIpc) is 3.59. The van der Waals surface area contributed by atoms with Crippen LogP contribution < -0.4 is 5.32 Å². The molecule has 0 unspecified atom stereocenters. The predicted octanol–water partition coefficient (Wildman–Crippen LogP) is 4.54. The number of benzene rings is 1. The molecule has 0 fully saturated rings. The first-order valence-corrected chi connectivity index (χ1v) is 12.0. The fourth-order valence-corrected chi connectivity index (χ4v) is 4.66. The minimum Gasteiger partial charge on any atom is -0.394 e. The van der Waals surface area contributed by atoms with Crippen molar-refractivity contribution >= 4 is 22.6 Å². The molecule has 0 aliphatic carbocycles. The molecule has 5 aromatic rings. The number of pyridine rings is 1. The number of amides is 1.